The maximum absolute atomic E-state index is 13.5. The molecule has 17 heavy (non-hydrogen) atoms. The van der Waals surface area contributed by atoms with Crippen LogP contribution in [0.1, 0.15) is 22.9 Å². The molecule has 0 aliphatic rings. The van der Waals surface area contributed by atoms with Gasteiger partial charge in [0.05, 0.1) is 5.51 Å². The highest BCUT2D eigenvalue weighted by Crippen LogP contribution is 2.25. The molecule has 2 N–H and O–H groups in total. The molecule has 1 unspecified atom stereocenters. The molecule has 0 saturated heterocycles. The van der Waals surface area contributed by atoms with Crippen molar-refractivity contribution >= 4 is 11.3 Å². The topological polar surface area (TPSA) is 38.9 Å². The van der Waals surface area contributed by atoms with E-state index < -0.39 is 5.54 Å². The highest BCUT2D eigenvalue weighted by Gasteiger charge is 2.23. The van der Waals surface area contributed by atoms with Crippen LogP contribution >= 0.6 is 11.3 Å². The Morgan fingerprint density at radius 1 is 1.47 bits per heavy atom. The summed E-state index contributed by atoms with van der Waals surface area (Å²) in [5.74, 6) is -0.205. The molecule has 0 radical (unpaired) electrons. The fraction of sp³-hybridized carbons (Fsp3) is 0.308. The Hall–Kier alpha value is -1.26. The van der Waals surface area contributed by atoms with Gasteiger partial charge in [0, 0.05) is 23.0 Å². The van der Waals surface area contributed by atoms with E-state index in [-0.39, 0.29) is 5.82 Å². The number of nitrogens with zero attached hydrogens (tertiary/aromatic N) is 1. The smallest absolute Gasteiger partial charge is 0.126 e. The van der Waals surface area contributed by atoms with Crippen LogP contribution in [-0.4, -0.2) is 4.98 Å². The summed E-state index contributed by atoms with van der Waals surface area (Å²) in [6.07, 6.45) is 2.47. The van der Waals surface area contributed by atoms with Gasteiger partial charge in [0.25, 0.3) is 0 Å². The highest BCUT2D eigenvalue weighted by molar-refractivity contribution is 7.09. The van der Waals surface area contributed by atoms with E-state index in [0.717, 1.165) is 10.4 Å². The van der Waals surface area contributed by atoms with Gasteiger partial charge in [-0.05, 0) is 31.0 Å². The largest absolute Gasteiger partial charge is 0.321 e. The molecule has 0 saturated carbocycles. The number of aromatic nitrogens is 1. The van der Waals surface area contributed by atoms with Crippen molar-refractivity contribution in [3.8, 4) is 0 Å². The average Bonchev–Trinajstić information content (AvgIpc) is 2.73. The Bertz CT molecular complexity index is 506. The zero-order chi connectivity index (χ0) is 12.5. The van der Waals surface area contributed by atoms with Crippen LogP contribution in [0, 0.1) is 12.7 Å². The maximum Gasteiger partial charge on any atom is 0.126 e. The molecule has 90 valence electrons. The van der Waals surface area contributed by atoms with Crippen molar-refractivity contribution in [3.63, 3.8) is 0 Å². The van der Waals surface area contributed by atoms with Crippen LogP contribution in [0.2, 0.25) is 0 Å². The zero-order valence-electron chi connectivity index (χ0n) is 9.90. The monoisotopic (exact) mass is 250 g/mol. The predicted octanol–water partition coefficient (Wildman–Crippen LogP) is 3.01. The van der Waals surface area contributed by atoms with E-state index in [0.29, 0.717) is 12.0 Å². The van der Waals surface area contributed by atoms with Crippen LogP contribution in [0.4, 0.5) is 4.39 Å². The average molecular weight is 250 g/mol. The minimum absolute atomic E-state index is 0.205. The molecule has 0 spiro atoms. The quantitative estimate of drug-likeness (QED) is 0.909. The summed E-state index contributed by atoms with van der Waals surface area (Å²) in [7, 11) is 0. The van der Waals surface area contributed by atoms with Crippen molar-refractivity contribution in [2.45, 2.75) is 25.8 Å². The minimum Gasteiger partial charge on any atom is -0.321 e. The Labute approximate surface area is 104 Å². The summed E-state index contributed by atoms with van der Waals surface area (Å²) >= 11 is 1.57. The Kier molecular flexibility index (Phi) is 3.26. The van der Waals surface area contributed by atoms with E-state index in [1.54, 1.807) is 36.0 Å². The highest BCUT2D eigenvalue weighted by atomic mass is 32.1. The molecular weight excluding hydrogens is 235 g/mol. The lowest BCUT2D eigenvalue weighted by Crippen LogP contribution is -2.35. The summed E-state index contributed by atoms with van der Waals surface area (Å²) in [5.41, 5.74) is 8.93. The summed E-state index contributed by atoms with van der Waals surface area (Å²) in [5, 5.41) is 0. The number of nitrogens with two attached hydrogens (primary N) is 1. The van der Waals surface area contributed by atoms with E-state index in [1.807, 2.05) is 13.0 Å². The molecule has 2 rings (SSSR count). The molecule has 0 fully saturated rings. The van der Waals surface area contributed by atoms with Crippen molar-refractivity contribution in [1.29, 1.82) is 0 Å². The summed E-state index contributed by atoms with van der Waals surface area (Å²) < 4.78 is 13.5. The van der Waals surface area contributed by atoms with Crippen LogP contribution < -0.4 is 5.73 Å². The van der Waals surface area contributed by atoms with E-state index in [9.17, 15) is 4.39 Å². The van der Waals surface area contributed by atoms with Gasteiger partial charge in [-0.25, -0.2) is 4.39 Å². The van der Waals surface area contributed by atoms with Crippen molar-refractivity contribution < 1.29 is 4.39 Å². The standard InChI is InChI=1S/C13H15FN2S/c1-9-3-4-10(5-12(9)14)13(2,15)6-11-7-16-8-17-11/h3-5,7-8H,6,15H2,1-2H3. The Morgan fingerprint density at radius 3 is 2.82 bits per heavy atom. The molecule has 4 heteroatoms. The summed E-state index contributed by atoms with van der Waals surface area (Å²) in [6, 6.07) is 5.18. The molecule has 2 nitrogen and oxygen atoms in total. The van der Waals surface area contributed by atoms with E-state index >= 15 is 0 Å². The third-order valence-corrected chi connectivity index (χ3v) is 3.64. The van der Waals surface area contributed by atoms with Crippen LogP contribution in [0.15, 0.2) is 29.9 Å². The third-order valence-electron chi connectivity index (χ3n) is 2.86. The van der Waals surface area contributed by atoms with Gasteiger partial charge < -0.3 is 5.73 Å². The lowest BCUT2D eigenvalue weighted by molar-refractivity contribution is 0.489. The second-order valence-electron chi connectivity index (χ2n) is 4.53. The number of rotatable bonds is 3. The Morgan fingerprint density at radius 2 is 2.24 bits per heavy atom. The Balaban J connectivity index is 2.27. The van der Waals surface area contributed by atoms with Gasteiger partial charge in [-0.3, -0.25) is 4.98 Å². The summed E-state index contributed by atoms with van der Waals surface area (Å²) in [4.78, 5) is 5.13. The van der Waals surface area contributed by atoms with Gasteiger partial charge in [0.2, 0.25) is 0 Å². The first-order valence-electron chi connectivity index (χ1n) is 5.42. The molecule has 0 aliphatic carbocycles. The van der Waals surface area contributed by atoms with Crippen LogP contribution in [0.5, 0.6) is 0 Å². The van der Waals surface area contributed by atoms with Gasteiger partial charge in [-0.15, -0.1) is 11.3 Å². The van der Waals surface area contributed by atoms with Crippen molar-refractivity contribution in [2.75, 3.05) is 0 Å². The molecule has 2 aromatic rings. The fourth-order valence-electron chi connectivity index (χ4n) is 1.74. The van der Waals surface area contributed by atoms with Gasteiger partial charge in [-0.2, -0.15) is 0 Å². The molecular formula is C13H15FN2S. The molecule has 1 atom stereocenters. The fourth-order valence-corrected chi connectivity index (χ4v) is 2.50. The first-order chi connectivity index (χ1) is 7.99. The van der Waals surface area contributed by atoms with Crippen molar-refractivity contribution in [1.82, 2.24) is 4.98 Å². The molecule has 1 aromatic heterocycles. The normalized spacial score (nSPS) is 14.6. The van der Waals surface area contributed by atoms with E-state index in [2.05, 4.69) is 4.98 Å². The van der Waals surface area contributed by atoms with Gasteiger partial charge in [0.1, 0.15) is 5.82 Å². The molecule has 0 bridgehead atoms. The van der Waals surface area contributed by atoms with Crippen molar-refractivity contribution in [2.24, 2.45) is 5.73 Å². The molecule has 0 amide bonds. The SMILES string of the molecule is Cc1ccc(C(C)(N)Cc2cncs2)cc1F. The second kappa shape index (κ2) is 4.55. The van der Waals surface area contributed by atoms with Gasteiger partial charge >= 0.3 is 0 Å². The first-order valence-corrected chi connectivity index (χ1v) is 6.30. The van der Waals surface area contributed by atoms with Crippen LogP contribution in [0.3, 0.4) is 0 Å². The van der Waals surface area contributed by atoms with E-state index in [4.69, 9.17) is 5.73 Å². The third kappa shape index (κ3) is 2.70. The number of benzene rings is 1. The van der Waals surface area contributed by atoms with Gasteiger partial charge in [-0.1, -0.05) is 12.1 Å². The van der Waals surface area contributed by atoms with Crippen LogP contribution in [0.25, 0.3) is 0 Å². The second-order valence-corrected chi connectivity index (χ2v) is 5.50. The predicted molar refractivity (Wildman–Crippen MR) is 68.5 cm³/mol. The number of aryl methyl sites for hydroxylation is 1. The van der Waals surface area contributed by atoms with Crippen molar-refractivity contribution in [3.05, 3.63) is 51.7 Å². The lowest BCUT2D eigenvalue weighted by atomic mass is 9.89. The number of halogens is 1. The zero-order valence-corrected chi connectivity index (χ0v) is 10.7. The lowest BCUT2D eigenvalue weighted by Gasteiger charge is -2.24. The molecule has 1 aromatic carbocycles. The van der Waals surface area contributed by atoms with E-state index in [1.165, 1.54) is 6.07 Å². The molecule has 0 aliphatic heterocycles. The van der Waals surface area contributed by atoms with Crippen LogP contribution in [-0.2, 0) is 12.0 Å². The first kappa shape index (κ1) is 12.2. The maximum atomic E-state index is 13.5. The number of hydrogen-bond donors (Lipinski definition) is 1. The molecule has 1 heterocycles. The number of thiazole rings is 1. The number of hydrogen-bond acceptors (Lipinski definition) is 3. The summed E-state index contributed by atoms with van der Waals surface area (Å²) in [6.45, 7) is 3.66. The minimum atomic E-state index is -0.568. The van der Waals surface area contributed by atoms with Gasteiger partial charge in [0.15, 0.2) is 0 Å².